The third-order valence-corrected chi connectivity index (χ3v) is 12.9. The van der Waals surface area contributed by atoms with E-state index in [0.29, 0.717) is 0 Å². The van der Waals surface area contributed by atoms with Gasteiger partial charge in [0.15, 0.2) is 0 Å². The van der Waals surface area contributed by atoms with Crippen molar-refractivity contribution in [3.8, 4) is 55.9 Å². The third-order valence-electron chi connectivity index (χ3n) is 12.9. The fourth-order valence-electron chi connectivity index (χ4n) is 10.0. The lowest BCUT2D eigenvalue weighted by atomic mass is 9.82. The highest BCUT2D eigenvalue weighted by molar-refractivity contribution is 6.13. The molecule has 0 amide bonds. The molecule has 0 N–H and O–H groups in total. The number of rotatable bonds is 5. The van der Waals surface area contributed by atoms with Crippen LogP contribution in [0.1, 0.15) is 25.0 Å². The molecule has 0 radical (unpaired) electrons. The Balaban J connectivity index is 1.04. The molecule has 12 rings (SSSR count). The van der Waals surface area contributed by atoms with E-state index in [-0.39, 0.29) is 5.41 Å². The summed E-state index contributed by atoms with van der Waals surface area (Å²) in [5.41, 5.74) is 19.8. The highest BCUT2D eigenvalue weighted by atomic mass is 15.0. The minimum atomic E-state index is -0.0840. The van der Waals surface area contributed by atoms with Gasteiger partial charge in [-0.05, 0) is 128 Å². The summed E-state index contributed by atoms with van der Waals surface area (Å²) in [4.78, 5) is 0. The molecule has 11 aromatic rings. The van der Waals surface area contributed by atoms with Gasteiger partial charge >= 0.3 is 0 Å². The first-order valence-corrected chi connectivity index (χ1v) is 20.6. The average molecular weight is 753 g/mol. The highest BCUT2D eigenvalue weighted by Gasteiger charge is 2.36. The molecule has 59 heavy (non-hydrogen) atoms. The first-order chi connectivity index (χ1) is 29.0. The Morgan fingerprint density at radius 1 is 0.288 bits per heavy atom. The van der Waals surface area contributed by atoms with Crippen LogP contribution in [0.25, 0.3) is 99.5 Å². The summed E-state index contributed by atoms with van der Waals surface area (Å²) in [6, 6.07) is 76.1. The third kappa shape index (κ3) is 5.13. The summed E-state index contributed by atoms with van der Waals surface area (Å²) in [6.07, 6.45) is 0. The monoisotopic (exact) mass is 752 g/mol. The number of fused-ring (bicyclic) bond motifs is 9. The van der Waals surface area contributed by atoms with Crippen molar-refractivity contribution in [3.05, 3.63) is 217 Å². The van der Waals surface area contributed by atoms with E-state index in [1.54, 1.807) is 0 Å². The number of para-hydroxylation sites is 2. The average Bonchev–Trinajstić information content (AvgIpc) is 3.88. The number of benzene rings is 9. The number of hydrogen-bond donors (Lipinski definition) is 0. The predicted molar refractivity (Wildman–Crippen MR) is 249 cm³/mol. The first kappa shape index (κ1) is 33.7. The molecular weight excluding hydrogens is 713 g/mol. The van der Waals surface area contributed by atoms with Crippen molar-refractivity contribution in [2.75, 3.05) is 0 Å². The van der Waals surface area contributed by atoms with Crippen molar-refractivity contribution in [1.82, 2.24) is 9.13 Å². The zero-order valence-corrected chi connectivity index (χ0v) is 33.0. The van der Waals surface area contributed by atoms with Crippen molar-refractivity contribution in [3.63, 3.8) is 0 Å². The van der Waals surface area contributed by atoms with Gasteiger partial charge in [0.1, 0.15) is 0 Å². The Labute approximate surface area is 343 Å². The largest absolute Gasteiger partial charge is 0.309 e. The molecule has 9 aromatic carbocycles. The van der Waals surface area contributed by atoms with Gasteiger partial charge in [-0.15, -0.1) is 0 Å². The van der Waals surface area contributed by atoms with Gasteiger partial charge in [-0.2, -0.15) is 0 Å². The minimum absolute atomic E-state index is 0.0840. The van der Waals surface area contributed by atoms with Crippen LogP contribution in [0.2, 0.25) is 0 Å². The fraction of sp³-hybridized carbons (Fsp3) is 0.0526. The molecule has 0 aliphatic heterocycles. The van der Waals surface area contributed by atoms with Gasteiger partial charge in [-0.1, -0.05) is 147 Å². The van der Waals surface area contributed by atoms with Gasteiger partial charge in [0, 0.05) is 38.3 Å². The number of hydrogen-bond acceptors (Lipinski definition) is 0. The van der Waals surface area contributed by atoms with Crippen LogP contribution in [0.15, 0.2) is 206 Å². The molecule has 1 aliphatic rings. The molecule has 278 valence electrons. The molecule has 0 saturated heterocycles. The van der Waals surface area contributed by atoms with E-state index in [1.165, 1.54) is 105 Å². The Morgan fingerprint density at radius 2 is 0.797 bits per heavy atom. The van der Waals surface area contributed by atoms with Crippen molar-refractivity contribution < 1.29 is 0 Å². The van der Waals surface area contributed by atoms with E-state index < -0.39 is 0 Å². The second-order valence-corrected chi connectivity index (χ2v) is 16.6. The topological polar surface area (TPSA) is 9.86 Å². The van der Waals surface area contributed by atoms with Crippen LogP contribution in [-0.2, 0) is 5.41 Å². The lowest BCUT2D eigenvalue weighted by Gasteiger charge is -2.21. The summed E-state index contributed by atoms with van der Waals surface area (Å²) < 4.78 is 4.93. The Morgan fingerprint density at radius 3 is 1.47 bits per heavy atom. The van der Waals surface area contributed by atoms with Crippen LogP contribution in [0.5, 0.6) is 0 Å². The van der Waals surface area contributed by atoms with Crippen molar-refractivity contribution in [2.24, 2.45) is 0 Å². The van der Waals surface area contributed by atoms with Gasteiger partial charge in [0.2, 0.25) is 0 Å². The quantitative estimate of drug-likeness (QED) is 0.166. The number of nitrogens with zero attached hydrogens (tertiary/aromatic N) is 2. The van der Waals surface area contributed by atoms with E-state index in [4.69, 9.17) is 0 Å². The first-order valence-electron chi connectivity index (χ1n) is 20.6. The van der Waals surface area contributed by atoms with Gasteiger partial charge in [-0.3, -0.25) is 0 Å². The summed E-state index contributed by atoms with van der Waals surface area (Å²) >= 11 is 0. The SMILES string of the molecule is CC1(C)c2ccccc2-c2cc3c4ccccc4n(-c4ccc5c(c4)c4ccccc4n5-c4cccc(-c5cc(-c6ccccc6)cc(-c6ccccc6)c5)c4)c3cc21. The van der Waals surface area contributed by atoms with Crippen LogP contribution < -0.4 is 0 Å². The predicted octanol–water partition coefficient (Wildman–Crippen LogP) is 15.2. The lowest BCUT2D eigenvalue weighted by Crippen LogP contribution is -2.14. The standard InChI is InChI=1S/C57H40N2/c1-57(2)51-25-12-9-22-45(51)48-35-50-47-24-11-14-27-54(47)59(56(50)36-52(48)57)44-28-29-55-49(34-44)46-23-10-13-26-53(46)58(55)43-21-15-20-39(33-43)42-31-40(37-16-5-3-6-17-37)30-41(32-42)38-18-7-4-8-19-38/h3-36H,1-2H3. The molecule has 0 saturated carbocycles. The van der Waals surface area contributed by atoms with Gasteiger partial charge in [-0.25, -0.2) is 0 Å². The van der Waals surface area contributed by atoms with Crippen LogP contribution in [0.3, 0.4) is 0 Å². The molecule has 0 fully saturated rings. The van der Waals surface area contributed by atoms with E-state index >= 15 is 0 Å². The van der Waals surface area contributed by atoms with Crippen molar-refractivity contribution >= 4 is 43.6 Å². The zero-order valence-electron chi connectivity index (χ0n) is 33.0. The smallest absolute Gasteiger partial charge is 0.0544 e. The van der Waals surface area contributed by atoms with Gasteiger partial charge in [0.25, 0.3) is 0 Å². The molecule has 2 aromatic heterocycles. The van der Waals surface area contributed by atoms with Gasteiger partial charge in [0.05, 0.1) is 22.1 Å². The maximum atomic E-state index is 2.49. The van der Waals surface area contributed by atoms with E-state index in [0.717, 1.165) is 5.69 Å². The van der Waals surface area contributed by atoms with Crippen LogP contribution >= 0.6 is 0 Å². The lowest BCUT2D eigenvalue weighted by molar-refractivity contribution is 0.661. The normalized spacial score (nSPS) is 13.1. The van der Waals surface area contributed by atoms with Crippen LogP contribution in [-0.4, -0.2) is 9.13 Å². The van der Waals surface area contributed by atoms with E-state index in [9.17, 15) is 0 Å². The molecular formula is C57H40N2. The second-order valence-electron chi connectivity index (χ2n) is 16.6. The van der Waals surface area contributed by atoms with Crippen LogP contribution in [0.4, 0.5) is 0 Å². The zero-order chi connectivity index (χ0) is 39.2. The molecule has 0 atom stereocenters. The maximum Gasteiger partial charge on any atom is 0.0544 e. The Bertz CT molecular complexity index is 3400. The van der Waals surface area contributed by atoms with Gasteiger partial charge < -0.3 is 9.13 Å². The molecule has 0 unspecified atom stereocenters. The summed E-state index contributed by atoms with van der Waals surface area (Å²) in [5, 5.41) is 5.04. The summed E-state index contributed by atoms with van der Waals surface area (Å²) in [6.45, 7) is 4.74. The second kappa shape index (κ2) is 12.8. The highest BCUT2D eigenvalue weighted by Crippen LogP contribution is 2.51. The van der Waals surface area contributed by atoms with Crippen molar-refractivity contribution in [2.45, 2.75) is 19.3 Å². The molecule has 0 bridgehead atoms. The molecule has 2 nitrogen and oxygen atoms in total. The molecule has 2 heteroatoms. The summed E-state index contributed by atoms with van der Waals surface area (Å²) in [5.74, 6) is 0. The fourth-order valence-corrected chi connectivity index (χ4v) is 10.0. The molecule has 1 aliphatic carbocycles. The van der Waals surface area contributed by atoms with E-state index in [2.05, 4.69) is 229 Å². The molecule has 0 spiro atoms. The number of aromatic nitrogens is 2. The van der Waals surface area contributed by atoms with E-state index in [1.807, 2.05) is 0 Å². The maximum absolute atomic E-state index is 2.49. The minimum Gasteiger partial charge on any atom is -0.309 e. The molecule has 2 heterocycles. The van der Waals surface area contributed by atoms with Crippen LogP contribution in [0, 0.1) is 0 Å². The Hall–Kier alpha value is -7.42. The summed E-state index contributed by atoms with van der Waals surface area (Å²) in [7, 11) is 0. The van der Waals surface area contributed by atoms with Crippen molar-refractivity contribution in [1.29, 1.82) is 0 Å². The Kier molecular flexibility index (Phi) is 7.31.